The zero-order valence-corrected chi connectivity index (χ0v) is 22.5. The van der Waals surface area contributed by atoms with Crippen LogP contribution in [0.4, 0.5) is 27.5 Å². The molecule has 9 nitrogen and oxygen atoms in total. The van der Waals surface area contributed by atoms with E-state index < -0.39 is 6.03 Å². The number of ether oxygens (including phenoxy) is 2. The molecule has 0 spiro atoms. The smallest absolute Gasteiger partial charge is 0.323 e. The van der Waals surface area contributed by atoms with Crippen molar-refractivity contribution < 1.29 is 23.9 Å². The summed E-state index contributed by atoms with van der Waals surface area (Å²) >= 11 is 0. The Hall–Kier alpha value is -4.53. The first-order valence-electron chi connectivity index (χ1n) is 13.0. The van der Waals surface area contributed by atoms with E-state index in [0.29, 0.717) is 36.7 Å². The van der Waals surface area contributed by atoms with Crippen molar-refractivity contribution in [2.75, 3.05) is 41.1 Å². The number of benzene rings is 3. The fourth-order valence-electron chi connectivity index (χ4n) is 4.63. The highest BCUT2D eigenvalue weighted by Gasteiger charge is 2.31. The maximum Gasteiger partial charge on any atom is 0.323 e. The highest BCUT2D eigenvalue weighted by atomic mass is 16.5. The van der Waals surface area contributed by atoms with Gasteiger partial charge in [0.1, 0.15) is 5.75 Å². The molecule has 1 aliphatic heterocycles. The average Bonchev–Trinajstić information content (AvgIpc) is 2.93. The van der Waals surface area contributed by atoms with Gasteiger partial charge in [-0.05, 0) is 61.7 Å². The molecular weight excluding hydrogens is 496 g/mol. The van der Waals surface area contributed by atoms with E-state index in [1.165, 1.54) is 7.11 Å². The summed E-state index contributed by atoms with van der Waals surface area (Å²) in [7, 11) is 1.52. The predicted octanol–water partition coefficient (Wildman–Crippen LogP) is 5.36. The predicted molar refractivity (Wildman–Crippen MR) is 153 cm³/mol. The quantitative estimate of drug-likeness (QED) is 0.322. The first-order valence-corrected chi connectivity index (χ1v) is 13.0. The summed E-state index contributed by atoms with van der Waals surface area (Å²) in [6.45, 7) is 4.55. The Morgan fingerprint density at radius 3 is 2.51 bits per heavy atom. The van der Waals surface area contributed by atoms with Crippen molar-refractivity contribution >= 4 is 40.7 Å². The molecule has 0 fully saturated rings. The number of amides is 3. The number of esters is 1. The number of hydrogen-bond acceptors (Lipinski definition) is 6. The standard InChI is InChI=1S/C30H34N4O5/c1-4-39-29(36)16-14-22-19-31-24-11-7-8-12-26(24)34(22)28(35)18-21-13-15-25(27(17-21)38-3)33-30(37)32-23-10-6-5-9-20(23)2/h5-13,15,17,22,31H,4,14,16,18-19H2,1-3H3,(H2,32,33,37). The second-order valence-electron chi connectivity index (χ2n) is 9.26. The summed E-state index contributed by atoms with van der Waals surface area (Å²) in [6.07, 6.45) is 0.829. The van der Waals surface area contributed by atoms with Gasteiger partial charge in [0.05, 0.1) is 43.2 Å². The Morgan fingerprint density at radius 1 is 1.00 bits per heavy atom. The molecule has 3 N–H and O–H groups in total. The number of rotatable bonds is 9. The summed E-state index contributed by atoms with van der Waals surface area (Å²) in [4.78, 5) is 40.0. The number of hydrogen-bond donors (Lipinski definition) is 3. The SMILES string of the molecule is CCOC(=O)CCC1CNc2ccccc2N1C(=O)Cc1ccc(NC(=O)Nc2ccccc2C)c(OC)c1. The number of nitrogens with one attached hydrogen (secondary N) is 3. The molecule has 0 aliphatic carbocycles. The molecule has 3 amide bonds. The lowest BCUT2D eigenvalue weighted by Gasteiger charge is -2.38. The van der Waals surface area contributed by atoms with E-state index in [-0.39, 0.29) is 30.8 Å². The molecule has 1 atom stereocenters. The second kappa shape index (κ2) is 12.8. The van der Waals surface area contributed by atoms with Gasteiger partial charge in [0, 0.05) is 18.7 Å². The summed E-state index contributed by atoms with van der Waals surface area (Å²) in [5.74, 6) is 0.0701. The van der Waals surface area contributed by atoms with Crippen molar-refractivity contribution in [3.63, 3.8) is 0 Å². The molecule has 0 bridgehead atoms. The Bertz CT molecular complexity index is 1340. The molecule has 3 aromatic carbocycles. The molecule has 204 valence electrons. The van der Waals surface area contributed by atoms with Crippen LogP contribution in [0.3, 0.4) is 0 Å². The maximum atomic E-state index is 13.7. The zero-order valence-electron chi connectivity index (χ0n) is 22.5. The average molecular weight is 531 g/mol. The number of methoxy groups -OCH3 is 1. The number of carbonyl (C=O) groups excluding carboxylic acids is 3. The molecule has 1 heterocycles. The van der Waals surface area contributed by atoms with Crippen molar-refractivity contribution in [3.8, 4) is 5.75 Å². The number of nitrogens with zero attached hydrogens (tertiary/aromatic N) is 1. The molecule has 1 aliphatic rings. The normalized spacial score (nSPS) is 14.0. The van der Waals surface area contributed by atoms with Crippen LogP contribution in [-0.2, 0) is 20.7 Å². The van der Waals surface area contributed by atoms with Crippen molar-refractivity contribution in [2.24, 2.45) is 0 Å². The highest BCUT2D eigenvalue weighted by molar-refractivity contribution is 6.02. The third-order valence-corrected chi connectivity index (χ3v) is 6.58. The third-order valence-electron chi connectivity index (χ3n) is 6.58. The van der Waals surface area contributed by atoms with Crippen molar-refractivity contribution in [3.05, 3.63) is 77.9 Å². The van der Waals surface area contributed by atoms with Crippen LogP contribution in [-0.4, -0.2) is 44.2 Å². The van der Waals surface area contributed by atoms with E-state index in [1.54, 1.807) is 30.0 Å². The van der Waals surface area contributed by atoms with E-state index in [1.807, 2.05) is 55.5 Å². The molecule has 0 radical (unpaired) electrons. The lowest BCUT2D eigenvalue weighted by molar-refractivity contribution is -0.143. The molecule has 3 aromatic rings. The summed E-state index contributed by atoms with van der Waals surface area (Å²) in [6, 6.07) is 19.8. The van der Waals surface area contributed by atoms with E-state index in [9.17, 15) is 14.4 Å². The number of anilines is 4. The topological polar surface area (TPSA) is 109 Å². The number of aryl methyl sites for hydroxylation is 1. The minimum Gasteiger partial charge on any atom is -0.495 e. The van der Waals surface area contributed by atoms with E-state index in [2.05, 4.69) is 16.0 Å². The van der Waals surface area contributed by atoms with E-state index >= 15 is 0 Å². The monoisotopic (exact) mass is 530 g/mol. The maximum absolute atomic E-state index is 13.7. The Labute approximate surface area is 228 Å². The summed E-state index contributed by atoms with van der Waals surface area (Å²) in [5.41, 5.74) is 4.53. The molecule has 1 unspecified atom stereocenters. The molecule has 0 saturated heterocycles. The van der Waals surface area contributed by atoms with Crippen molar-refractivity contribution in [2.45, 2.75) is 39.2 Å². The van der Waals surface area contributed by atoms with Crippen molar-refractivity contribution in [1.82, 2.24) is 0 Å². The fraction of sp³-hybridized carbons (Fsp3) is 0.300. The number of fused-ring (bicyclic) bond motifs is 1. The van der Waals surface area contributed by atoms with Gasteiger partial charge in [-0.2, -0.15) is 0 Å². The largest absolute Gasteiger partial charge is 0.495 e. The van der Waals surface area contributed by atoms with Gasteiger partial charge < -0.3 is 30.3 Å². The van der Waals surface area contributed by atoms with E-state index in [4.69, 9.17) is 9.47 Å². The molecule has 0 aromatic heterocycles. The van der Waals surface area contributed by atoms with Gasteiger partial charge in [0.25, 0.3) is 0 Å². The zero-order chi connectivity index (χ0) is 27.8. The molecule has 39 heavy (non-hydrogen) atoms. The number of para-hydroxylation sites is 3. The summed E-state index contributed by atoms with van der Waals surface area (Å²) in [5, 5.41) is 9.02. The molecule has 9 heteroatoms. The molecular formula is C30H34N4O5. The van der Waals surface area contributed by atoms with E-state index in [0.717, 1.165) is 22.5 Å². The first-order chi connectivity index (χ1) is 18.9. The van der Waals surface area contributed by atoms with Gasteiger partial charge in [0.15, 0.2) is 0 Å². The summed E-state index contributed by atoms with van der Waals surface area (Å²) < 4.78 is 10.6. The highest BCUT2D eigenvalue weighted by Crippen LogP contribution is 2.34. The Kier molecular flexibility index (Phi) is 9.04. The lowest BCUT2D eigenvalue weighted by atomic mass is 10.0. The van der Waals surface area contributed by atoms with Gasteiger partial charge in [0.2, 0.25) is 5.91 Å². The van der Waals surface area contributed by atoms with Gasteiger partial charge in [-0.15, -0.1) is 0 Å². The van der Waals surface area contributed by atoms with Crippen LogP contribution >= 0.6 is 0 Å². The minimum atomic E-state index is -0.395. The van der Waals surface area contributed by atoms with Gasteiger partial charge in [-0.3, -0.25) is 9.59 Å². The fourth-order valence-corrected chi connectivity index (χ4v) is 4.63. The van der Waals surface area contributed by atoms with Crippen LogP contribution in [0.5, 0.6) is 5.75 Å². The number of urea groups is 1. The van der Waals surface area contributed by atoms with Crippen LogP contribution < -0.4 is 25.6 Å². The number of carbonyl (C=O) groups is 3. The Morgan fingerprint density at radius 2 is 1.74 bits per heavy atom. The van der Waals surface area contributed by atoms with Crippen LogP contribution in [0.15, 0.2) is 66.7 Å². The van der Waals surface area contributed by atoms with Crippen LogP contribution in [0.1, 0.15) is 30.9 Å². The second-order valence-corrected chi connectivity index (χ2v) is 9.26. The molecule has 0 saturated carbocycles. The first kappa shape index (κ1) is 27.5. The molecule has 4 rings (SSSR count). The van der Waals surface area contributed by atoms with Crippen molar-refractivity contribution in [1.29, 1.82) is 0 Å². The van der Waals surface area contributed by atoms with Crippen LogP contribution in [0.25, 0.3) is 0 Å². The van der Waals surface area contributed by atoms with Crippen LogP contribution in [0, 0.1) is 6.92 Å². The van der Waals surface area contributed by atoms with Crippen LogP contribution in [0.2, 0.25) is 0 Å². The minimum absolute atomic E-state index is 0.0992. The Balaban J connectivity index is 1.48. The van der Waals surface area contributed by atoms with Gasteiger partial charge in [-0.1, -0.05) is 36.4 Å². The van der Waals surface area contributed by atoms with Gasteiger partial charge >= 0.3 is 12.0 Å². The third kappa shape index (κ3) is 6.87. The van der Waals surface area contributed by atoms with Gasteiger partial charge in [-0.25, -0.2) is 4.79 Å². The lowest BCUT2D eigenvalue weighted by Crippen LogP contribution is -2.48.